The van der Waals surface area contributed by atoms with E-state index in [2.05, 4.69) is 23.6 Å². The smallest absolute Gasteiger partial charge is 0.0829 e. The van der Waals surface area contributed by atoms with Crippen molar-refractivity contribution in [2.45, 2.75) is 26.4 Å². The van der Waals surface area contributed by atoms with Crippen LogP contribution >= 0.6 is 0 Å². The monoisotopic (exact) mass is 229 g/mol. The molecule has 4 nitrogen and oxygen atoms in total. The molecule has 1 rings (SSSR count). The van der Waals surface area contributed by atoms with Crippen LogP contribution in [0.25, 0.3) is 0 Å². The van der Waals surface area contributed by atoms with Crippen molar-refractivity contribution in [3.8, 4) is 0 Å². The molecule has 16 heavy (non-hydrogen) atoms. The van der Waals surface area contributed by atoms with Crippen molar-refractivity contribution in [2.24, 2.45) is 5.73 Å². The lowest BCUT2D eigenvalue weighted by atomic mass is 10.2. The molecular formula is C12H27N3O. The van der Waals surface area contributed by atoms with Crippen LogP contribution in [-0.4, -0.2) is 68.3 Å². The van der Waals surface area contributed by atoms with Crippen LogP contribution < -0.4 is 5.73 Å². The molecule has 1 saturated heterocycles. The fraction of sp³-hybridized carbons (Fsp3) is 1.00. The van der Waals surface area contributed by atoms with Gasteiger partial charge in [0.2, 0.25) is 0 Å². The summed E-state index contributed by atoms with van der Waals surface area (Å²) in [5.41, 5.74) is 5.54. The summed E-state index contributed by atoms with van der Waals surface area (Å²) in [6.45, 7) is 12.6. The lowest BCUT2D eigenvalue weighted by Crippen LogP contribution is -2.47. The molecule has 0 amide bonds. The summed E-state index contributed by atoms with van der Waals surface area (Å²) in [7, 11) is 0. The molecule has 1 fully saturated rings. The van der Waals surface area contributed by atoms with Crippen LogP contribution in [-0.2, 0) is 4.74 Å². The maximum atomic E-state index is 5.81. The molecule has 4 heteroatoms. The van der Waals surface area contributed by atoms with Crippen LogP contribution in [0.2, 0.25) is 0 Å². The minimum absolute atomic E-state index is 0.381. The fourth-order valence-corrected chi connectivity index (χ4v) is 2.16. The zero-order valence-electron chi connectivity index (χ0n) is 10.8. The summed E-state index contributed by atoms with van der Waals surface area (Å²) in [5.74, 6) is 0. The normalized spacial score (nSPS) is 22.9. The van der Waals surface area contributed by atoms with E-state index in [-0.39, 0.29) is 0 Å². The van der Waals surface area contributed by atoms with Crippen LogP contribution in [0, 0.1) is 0 Å². The zero-order valence-corrected chi connectivity index (χ0v) is 10.8. The minimum atomic E-state index is 0.381. The average molecular weight is 229 g/mol. The first-order valence-corrected chi connectivity index (χ1v) is 6.56. The number of hydrogen-bond donors (Lipinski definition) is 1. The van der Waals surface area contributed by atoms with Gasteiger partial charge in [0.15, 0.2) is 0 Å². The Morgan fingerprint density at radius 1 is 1.44 bits per heavy atom. The van der Waals surface area contributed by atoms with Gasteiger partial charge in [-0.05, 0) is 32.6 Å². The van der Waals surface area contributed by atoms with E-state index in [1.807, 2.05) is 0 Å². The van der Waals surface area contributed by atoms with Gasteiger partial charge in [0.25, 0.3) is 0 Å². The van der Waals surface area contributed by atoms with Crippen LogP contribution in [0.4, 0.5) is 0 Å². The van der Waals surface area contributed by atoms with E-state index in [1.54, 1.807) is 0 Å². The molecular weight excluding hydrogens is 202 g/mol. The van der Waals surface area contributed by atoms with Crippen molar-refractivity contribution >= 4 is 0 Å². The van der Waals surface area contributed by atoms with Crippen molar-refractivity contribution in [1.82, 2.24) is 9.80 Å². The zero-order chi connectivity index (χ0) is 11.8. The standard InChI is InChI=1S/C12H27N3O/c1-3-14(7-5-6-13)10-12-11-15(4-2)8-9-16-12/h12H,3-11,13H2,1-2H3. The molecule has 0 saturated carbocycles. The van der Waals surface area contributed by atoms with Gasteiger partial charge < -0.3 is 15.4 Å². The number of morpholine rings is 1. The minimum Gasteiger partial charge on any atom is -0.374 e. The Balaban J connectivity index is 2.27. The highest BCUT2D eigenvalue weighted by molar-refractivity contribution is 4.74. The third-order valence-electron chi connectivity index (χ3n) is 3.26. The maximum Gasteiger partial charge on any atom is 0.0829 e. The van der Waals surface area contributed by atoms with E-state index in [4.69, 9.17) is 10.5 Å². The predicted octanol–water partition coefficient (Wildman–Crippen LogP) is 0.378. The Morgan fingerprint density at radius 3 is 2.88 bits per heavy atom. The summed E-state index contributed by atoms with van der Waals surface area (Å²) in [4.78, 5) is 4.90. The second kappa shape index (κ2) is 8.01. The quantitative estimate of drug-likeness (QED) is 0.685. The van der Waals surface area contributed by atoms with Gasteiger partial charge in [0.05, 0.1) is 12.7 Å². The molecule has 2 N–H and O–H groups in total. The van der Waals surface area contributed by atoms with Crippen LogP contribution in [0.1, 0.15) is 20.3 Å². The van der Waals surface area contributed by atoms with Gasteiger partial charge in [-0.1, -0.05) is 13.8 Å². The number of likely N-dealkylation sites (N-methyl/N-ethyl adjacent to an activating group) is 2. The van der Waals surface area contributed by atoms with Gasteiger partial charge >= 0.3 is 0 Å². The molecule has 0 aromatic heterocycles. The van der Waals surface area contributed by atoms with Gasteiger partial charge in [-0.25, -0.2) is 0 Å². The van der Waals surface area contributed by atoms with E-state index in [9.17, 15) is 0 Å². The van der Waals surface area contributed by atoms with Gasteiger partial charge in [0.1, 0.15) is 0 Å². The van der Waals surface area contributed by atoms with Gasteiger partial charge in [0, 0.05) is 19.6 Å². The van der Waals surface area contributed by atoms with E-state index < -0.39 is 0 Å². The van der Waals surface area contributed by atoms with E-state index in [0.717, 1.165) is 58.8 Å². The average Bonchev–Trinajstić information content (AvgIpc) is 2.34. The second-order valence-electron chi connectivity index (χ2n) is 4.42. The largest absolute Gasteiger partial charge is 0.374 e. The second-order valence-corrected chi connectivity index (χ2v) is 4.42. The molecule has 0 aliphatic carbocycles. The van der Waals surface area contributed by atoms with Crippen molar-refractivity contribution in [3.63, 3.8) is 0 Å². The number of nitrogens with zero attached hydrogens (tertiary/aromatic N) is 2. The highest BCUT2D eigenvalue weighted by Crippen LogP contribution is 2.07. The molecule has 1 atom stereocenters. The Kier molecular flexibility index (Phi) is 6.96. The highest BCUT2D eigenvalue weighted by atomic mass is 16.5. The molecule has 0 aromatic carbocycles. The van der Waals surface area contributed by atoms with Crippen LogP contribution in [0.5, 0.6) is 0 Å². The molecule has 1 aliphatic rings. The first-order valence-electron chi connectivity index (χ1n) is 6.56. The summed E-state index contributed by atoms with van der Waals surface area (Å²) in [6.07, 6.45) is 1.46. The van der Waals surface area contributed by atoms with E-state index in [0.29, 0.717) is 6.10 Å². The summed E-state index contributed by atoms with van der Waals surface area (Å²) < 4.78 is 5.81. The number of ether oxygens (including phenoxy) is 1. The van der Waals surface area contributed by atoms with Crippen molar-refractivity contribution in [2.75, 3.05) is 52.4 Å². The number of rotatable bonds is 7. The summed E-state index contributed by atoms with van der Waals surface area (Å²) >= 11 is 0. The molecule has 1 heterocycles. The van der Waals surface area contributed by atoms with E-state index in [1.165, 1.54) is 0 Å². The summed E-state index contributed by atoms with van der Waals surface area (Å²) in [6, 6.07) is 0. The topological polar surface area (TPSA) is 41.7 Å². The Morgan fingerprint density at radius 2 is 2.25 bits per heavy atom. The molecule has 0 radical (unpaired) electrons. The van der Waals surface area contributed by atoms with Crippen molar-refractivity contribution < 1.29 is 4.74 Å². The Hall–Kier alpha value is -0.160. The molecule has 1 unspecified atom stereocenters. The van der Waals surface area contributed by atoms with Gasteiger partial charge in [-0.2, -0.15) is 0 Å². The predicted molar refractivity (Wildman–Crippen MR) is 67.6 cm³/mol. The molecule has 0 bridgehead atoms. The highest BCUT2D eigenvalue weighted by Gasteiger charge is 2.20. The number of hydrogen-bond acceptors (Lipinski definition) is 4. The van der Waals surface area contributed by atoms with E-state index >= 15 is 0 Å². The third kappa shape index (κ3) is 4.78. The van der Waals surface area contributed by atoms with Crippen LogP contribution in [0.15, 0.2) is 0 Å². The van der Waals surface area contributed by atoms with Gasteiger partial charge in [-0.15, -0.1) is 0 Å². The van der Waals surface area contributed by atoms with Crippen molar-refractivity contribution in [3.05, 3.63) is 0 Å². The third-order valence-corrected chi connectivity index (χ3v) is 3.26. The molecule has 96 valence electrons. The summed E-state index contributed by atoms with van der Waals surface area (Å²) in [5, 5.41) is 0. The van der Waals surface area contributed by atoms with Crippen LogP contribution in [0.3, 0.4) is 0 Å². The first kappa shape index (κ1) is 13.9. The molecule has 0 aromatic rings. The molecule has 0 spiro atoms. The Bertz CT molecular complexity index is 178. The van der Waals surface area contributed by atoms with Crippen molar-refractivity contribution in [1.29, 1.82) is 0 Å². The maximum absolute atomic E-state index is 5.81. The first-order chi connectivity index (χ1) is 7.80. The van der Waals surface area contributed by atoms with Gasteiger partial charge in [-0.3, -0.25) is 4.90 Å². The SMILES string of the molecule is CCN(CCCN)CC1CN(CC)CCO1. The fourth-order valence-electron chi connectivity index (χ4n) is 2.16. The number of nitrogens with two attached hydrogens (primary N) is 1. The lowest BCUT2D eigenvalue weighted by Gasteiger charge is -2.35. The molecule has 1 aliphatic heterocycles. The lowest BCUT2D eigenvalue weighted by molar-refractivity contribution is -0.0412. The Labute approximate surface area is 99.7 Å².